The highest BCUT2D eigenvalue weighted by Gasteiger charge is 2.28. The molecule has 1 aromatic carbocycles. The molecule has 1 atom stereocenters. The third-order valence-electron chi connectivity index (χ3n) is 5.43. The molecule has 0 saturated carbocycles. The lowest BCUT2D eigenvalue weighted by Crippen LogP contribution is -2.46. The summed E-state index contributed by atoms with van der Waals surface area (Å²) in [6.45, 7) is 14.7. The average Bonchev–Trinajstić information content (AvgIpc) is 3.04. The minimum Gasteiger partial charge on any atom is -0.379 e. The molecule has 4 nitrogen and oxygen atoms in total. The summed E-state index contributed by atoms with van der Waals surface area (Å²) in [5.74, 6) is 0.782. The molecule has 140 valence electrons. The molecule has 2 aliphatic heterocycles. The molecule has 0 bridgehead atoms. The highest BCUT2D eigenvalue weighted by molar-refractivity contribution is 5.46. The first-order valence-corrected chi connectivity index (χ1v) is 9.80. The Kier molecular flexibility index (Phi) is 6.37. The number of benzene rings is 1. The highest BCUT2D eigenvalue weighted by atomic mass is 16.5. The van der Waals surface area contributed by atoms with Gasteiger partial charge in [0, 0.05) is 51.5 Å². The predicted molar refractivity (Wildman–Crippen MR) is 105 cm³/mol. The second-order valence-corrected chi connectivity index (χ2v) is 8.69. The lowest BCUT2D eigenvalue weighted by molar-refractivity contribution is 0.0159. The van der Waals surface area contributed by atoms with Gasteiger partial charge < -0.3 is 14.5 Å². The molecule has 0 unspecified atom stereocenters. The van der Waals surface area contributed by atoms with Crippen LogP contribution in [-0.2, 0) is 4.74 Å². The van der Waals surface area contributed by atoms with E-state index in [-0.39, 0.29) is 0 Å². The van der Waals surface area contributed by atoms with Crippen molar-refractivity contribution in [3.8, 4) is 0 Å². The number of ether oxygens (including phenoxy) is 1. The van der Waals surface area contributed by atoms with Crippen molar-refractivity contribution in [1.29, 1.82) is 0 Å². The van der Waals surface area contributed by atoms with Crippen molar-refractivity contribution in [2.24, 2.45) is 11.3 Å². The molecule has 2 heterocycles. The lowest BCUT2D eigenvalue weighted by Gasteiger charge is -2.37. The Bertz CT molecular complexity index is 513. The van der Waals surface area contributed by atoms with Gasteiger partial charge in [-0.15, -0.1) is 0 Å². The van der Waals surface area contributed by atoms with Crippen LogP contribution in [0.3, 0.4) is 0 Å². The maximum atomic E-state index is 5.47. The van der Waals surface area contributed by atoms with Gasteiger partial charge >= 0.3 is 0 Å². The standard InChI is InChI=1S/C21H35N3O/c1-21(2,18-23-11-13-25-14-12-23)17-22(3)15-19-9-10-24(16-19)20-7-5-4-6-8-20/h4-8,19H,9-18H2,1-3H3/t19-/m1/s1. The number of rotatable bonds is 7. The molecule has 0 aliphatic carbocycles. The molecular formula is C21H35N3O. The molecular weight excluding hydrogens is 310 g/mol. The summed E-state index contributed by atoms with van der Waals surface area (Å²) < 4.78 is 5.47. The van der Waals surface area contributed by atoms with Crippen molar-refractivity contribution in [3.63, 3.8) is 0 Å². The molecule has 0 amide bonds. The van der Waals surface area contributed by atoms with E-state index in [1.807, 2.05) is 0 Å². The second kappa shape index (κ2) is 8.52. The van der Waals surface area contributed by atoms with Crippen LogP contribution in [0.15, 0.2) is 30.3 Å². The van der Waals surface area contributed by atoms with Crippen LogP contribution in [-0.4, -0.2) is 75.9 Å². The summed E-state index contributed by atoms with van der Waals surface area (Å²) in [5.41, 5.74) is 1.70. The van der Waals surface area contributed by atoms with Crippen LogP contribution in [0.5, 0.6) is 0 Å². The largest absolute Gasteiger partial charge is 0.379 e. The Balaban J connectivity index is 1.43. The van der Waals surface area contributed by atoms with Crippen LogP contribution in [0.1, 0.15) is 20.3 Å². The van der Waals surface area contributed by atoms with E-state index in [1.165, 1.54) is 38.3 Å². The van der Waals surface area contributed by atoms with Gasteiger partial charge in [-0.25, -0.2) is 0 Å². The zero-order chi connectivity index (χ0) is 17.7. The number of para-hydroxylation sites is 1. The van der Waals surface area contributed by atoms with E-state index < -0.39 is 0 Å². The molecule has 0 N–H and O–H groups in total. The Morgan fingerprint density at radius 1 is 1.12 bits per heavy atom. The summed E-state index contributed by atoms with van der Waals surface area (Å²) in [7, 11) is 2.30. The van der Waals surface area contributed by atoms with E-state index in [4.69, 9.17) is 4.74 Å². The first-order valence-electron chi connectivity index (χ1n) is 9.80. The molecule has 3 rings (SSSR count). The molecule has 4 heteroatoms. The van der Waals surface area contributed by atoms with E-state index >= 15 is 0 Å². The Hall–Kier alpha value is -1.10. The second-order valence-electron chi connectivity index (χ2n) is 8.69. The van der Waals surface area contributed by atoms with E-state index in [0.29, 0.717) is 5.41 Å². The number of anilines is 1. The van der Waals surface area contributed by atoms with Gasteiger partial charge in [0.2, 0.25) is 0 Å². The van der Waals surface area contributed by atoms with Crippen molar-refractivity contribution >= 4 is 5.69 Å². The molecule has 0 spiro atoms. The zero-order valence-corrected chi connectivity index (χ0v) is 16.3. The van der Waals surface area contributed by atoms with E-state index in [0.717, 1.165) is 38.8 Å². The number of hydrogen-bond acceptors (Lipinski definition) is 4. The summed E-state index contributed by atoms with van der Waals surface area (Å²) in [6.07, 6.45) is 1.31. The van der Waals surface area contributed by atoms with E-state index in [1.54, 1.807) is 0 Å². The lowest BCUT2D eigenvalue weighted by atomic mass is 9.91. The van der Waals surface area contributed by atoms with Crippen LogP contribution >= 0.6 is 0 Å². The molecule has 2 saturated heterocycles. The van der Waals surface area contributed by atoms with Crippen LogP contribution < -0.4 is 4.90 Å². The molecule has 25 heavy (non-hydrogen) atoms. The monoisotopic (exact) mass is 345 g/mol. The third kappa shape index (κ3) is 5.70. The summed E-state index contributed by atoms with van der Waals surface area (Å²) >= 11 is 0. The van der Waals surface area contributed by atoms with Crippen molar-refractivity contribution in [1.82, 2.24) is 9.80 Å². The number of morpholine rings is 1. The highest BCUT2D eigenvalue weighted by Crippen LogP contribution is 2.25. The predicted octanol–water partition coefficient (Wildman–Crippen LogP) is 2.80. The minimum absolute atomic E-state index is 0.323. The van der Waals surface area contributed by atoms with Gasteiger partial charge in [0.15, 0.2) is 0 Å². The van der Waals surface area contributed by atoms with Gasteiger partial charge in [-0.2, -0.15) is 0 Å². The first kappa shape index (κ1) is 18.7. The average molecular weight is 346 g/mol. The van der Waals surface area contributed by atoms with Gasteiger partial charge in [0.25, 0.3) is 0 Å². The normalized spacial score (nSPS) is 22.7. The Labute approximate surface area is 153 Å². The Morgan fingerprint density at radius 3 is 2.56 bits per heavy atom. The topological polar surface area (TPSA) is 19.0 Å². The van der Waals surface area contributed by atoms with Crippen LogP contribution in [0, 0.1) is 11.3 Å². The number of nitrogens with zero attached hydrogens (tertiary/aromatic N) is 3. The molecule has 2 aliphatic rings. The van der Waals surface area contributed by atoms with Gasteiger partial charge in [0.1, 0.15) is 0 Å². The molecule has 0 aromatic heterocycles. The molecule has 0 radical (unpaired) electrons. The minimum atomic E-state index is 0.323. The fourth-order valence-electron chi connectivity index (χ4n) is 4.51. The maximum Gasteiger partial charge on any atom is 0.0594 e. The van der Waals surface area contributed by atoms with Gasteiger partial charge in [-0.3, -0.25) is 4.90 Å². The summed E-state index contributed by atoms with van der Waals surface area (Å²) in [4.78, 5) is 7.65. The van der Waals surface area contributed by atoms with Crippen LogP contribution in [0.2, 0.25) is 0 Å². The van der Waals surface area contributed by atoms with Gasteiger partial charge in [0.05, 0.1) is 13.2 Å². The molecule has 2 fully saturated rings. The van der Waals surface area contributed by atoms with Gasteiger partial charge in [-0.1, -0.05) is 32.0 Å². The first-order chi connectivity index (χ1) is 12.0. The van der Waals surface area contributed by atoms with Gasteiger partial charge in [-0.05, 0) is 36.9 Å². The van der Waals surface area contributed by atoms with E-state index in [9.17, 15) is 0 Å². The fourth-order valence-corrected chi connectivity index (χ4v) is 4.51. The molecule has 1 aromatic rings. The zero-order valence-electron chi connectivity index (χ0n) is 16.3. The van der Waals surface area contributed by atoms with Crippen molar-refractivity contribution in [3.05, 3.63) is 30.3 Å². The van der Waals surface area contributed by atoms with E-state index in [2.05, 4.69) is 65.9 Å². The van der Waals surface area contributed by atoms with Crippen LogP contribution in [0.4, 0.5) is 5.69 Å². The maximum absolute atomic E-state index is 5.47. The van der Waals surface area contributed by atoms with Crippen molar-refractivity contribution in [2.45, 2.75) is 20.3 Å². The Morgan fingerprint density at radius 2 is 1.84 bits per heavy atom. The van der Waals surface area contributed by atoms with Crippen LogP contribution in [0.25, 0.3) is 0 Å². The smallest absolute Gasteiger partial charge is 0.0594 e. The quantitative estimate of drug-likeness (QED) is 0.756. The SMILES string of the molecule is CN(C[C@H]1CCN(c2ccccc2)C1)CC(C)(C)CN1CCOCC1. The summed E-state index contributed by atoms with van der Waals surface area (Å²) in [6, 6.07) is 10.8. The summed E-state index contributed by atoms with van der Waals surface area (Å²) in [5, 5.41) is 0. The third-order valence-corrected chi connectivity index (χ3v) is 5.43. The van der Waals surface area contributed by atoms with Crippen molar-refractivity contribution in [2.75, 3.05) is 71.0 Å². The fraction of sp³-hybridized carbons (Fsp3) is 0.714. The number of hydrogen-bond donors (Lipinski definition) is 0. The van der Waals surface area contributed by atoms with Crippen molar-refractivity contribution < 1.29 is 4.74 Å².